The van der Waals surface area contributed by atoms with E-state index in [1.807, 2.05) is 49.4 Å². The van der Waals surface area contributed by atoms with Crippen molar-refractivity contribution in [2.24, 2.45) is 0 Å². The average Bonchev–Trinajstić information content (AvgIpc) is 2.73. The van der Waals surface area contributed by atoms with E-state index in [-0.39, 0.29) is 29.2 Å². The minimum absolute atomic E-state index is 0.0189. The summed E-state index contributed by atoms with van der Waals surface area (Å²) in [5.41, 5.74) is 14.6. The second-order valence-corrected chi connectivity index (χ2v) is 7.03. The third-order valence-corrected chi connectivity index (χ3v) is 4.92. The van der Waals surface area contributed by atoms with Crippen LogP contribution < -0.4 is 16.8 Å². The van der Waals surface area contributed by atoms with E-state index < -0.39 is 0 Å². The first-order valence-corrected chi connectivity index (χ1v) is 9.46. The Morgan fingerprint density at radius 1 is 1.10 bits per heavy atom. The fourth-order valence-electron chi connectivity index (χ4n) is 3.21. The average molecular weight is 417 g/mol. The van der Waals surface area contributed by atoms with E-state index in [4.69, 9.17) is 28.1 Å². The number of nitrogens with two attached hydrogens (primary N) is 2. The van der Waals surface area contributed by atoms with Gasteiger partial charge in [-0.05, 0) is 31.2 Å². The highest BCUT2D eigenvalue weighted by molar-refractivity contribution is 6.35. The van der Waals surface area contributed by atoms with Gasteiger partial charge in [-0.3, -0.25) is 4.98 Å². The highest BCUT2D eigenvalue weighted by Crippen LogP contribution is 2.33. The van der Waals surface area contributed by atoms with Crippen molar-refractivity contribution in [2.45, 2.75) is 13.0 Å². The number of nitrogen functional groups attached to an aromatic ring is 2. The van der Waals surface area contributed by atoms with Gasteiger partial charge in [0.25, 0.3) is 0 Å². The maximum absolute atomic E-state index is 9.45. The van der Waals surface area contributed by atoms with E-state index in [2.05, 4.69) is 20.3 Å². The van der Waals surface area contributed by atoms with Crippen molar-refractivity contribution < 1.29 is 0 Å². The van der Waals surface area contributed by atoms with Crippen molar-refractivity contribution in [1.82, 2.24) is 19.9 Å². The van der Waals surface area contributed by atoms with E-state index in [1.54, 1.807) is 12.3 Å². The van der Waals surface area contributed by atoms with Crippen molar-refractivity contribution in [3.05, 3.63) is 64.8 Å². The number of fused-ring (bicyclic) bond motifs is 1. The Balaban J connectivity index is 1.87. The molecule has 0 saturated carbocycles. The van der Waals surface area contributed by atoms with Crippen LogP contribution in [0.15, 0.2) is 48.7 Å². The third-order valence-electron chi connectivity index (χ3n) is 4.62. The number of hydrogen-bond acceptors (Lipinski definition) is 8. The van der Waals surface area contributed by atoms with Gasteiger partial charge in [-0.15, -0.1) is 0 Å². The molecule has 9 heteroatoms. The highest BCUT2D eigenvalue weighted by atomic mass is 35.5. The van der Waals surface area contributed by atoms with Crippen LogP contribution in [-0.4, -0.2) is 19.9 Å². The molecule has 0 amide bonds. The Labute approximate surface area is 177 Å². The quantitative estimate of drug-likeness (QED) is 0.454. The zero-order valence-electron chi connectivity index (χ0n) is 16.0. The number of benzene rings is 1. The minimum atomic E-state index is -0.307. The van der Waals surface area contributed by atoms with Crippen molar-refractivity contribution in [2.75, 3.05) is 16.8 Å². The topological polar surface area (TPSA) is 139 Å². The lowest BCUT2D eigenvalue weighted by molar-refractivity contribution is 0.869. The molecule has 8 nitrogen and oxygen atoms in total. The number of halogens is 1. The van der Waals surface area contributed by atoms with Crippen molar-refractivity contribution >= 4 is 40.1 Å². The van der Waals surface area contributed by atoms with Crippen LogP contribution in [-0.2, 0) is 0 Å². The van der Waals surface area contributed by atoms with Gasteiger partial charge < -0.3 is 16.8 Å². The van der Waals surface area contributed by atoms with Crippen LogP contribution in [0.5, 0.6) is 0 Å². The number of anilines is 3. The van der Waals surface area contributed by atoms with Crippen LogP contribution >= 0.6 is 11.6 Å². The molecule has 0 radical (unpaired) electrons. The summed E-state index contributed by atoms with van der Waals surface area (Å²) in [5.74, 6) is 0.260. The molecular formula is C21H17ClN8. The molecule has 1 aromatic carbocycles. The lowest BCUT2D eigenvalue weighted by atomic mass is 10.0. The van der Waals surface area contributed by atoms with Crippen LogP contribution in [0, 0.1) is 11.3 Å². The van der Waals surface area contributed by atoms with Crippen molar-refractivity contribution in [3.8, 4) is 17.5 Å². The smallest absolute Gasteiger partial charge is 0.224 e. The normalized spacial score (nSPS) is 11.8. The number of nitrogens with zero attached hydrogens (tertiary/aromatic N) is 5. The van der Waals surface area contributed by atoms with Gasteiger partial charge in [0.05, 0.1) is 28.0 Å². The molecule has 0 aliphatic heterocycles. The molecule has 5 N–H and O–H groups in total. The number of hydrogen-bond donors (Lipinski definition) is 3. The molecular weight excluding hydrogens is 400 g/mol. The third kappa shape index (κ3) is 3.54. The summed E-state index contributed by atoms with van der Waals surface area (Å²) in [6.07, 6.45) is 1.70. The summed E-state index contributed by atoms with van der Waals surface area (Å²) in [6, 6.07) is 14.9. The number of para-hydroxylation sites is 1. The van der Waals surface area contributed by atoms with Crippen LogP contribution in [0.3, 0.4) is 0 Å². The van der Waals surface area contributed by atoms with Gasteiger partial charge in [0.2, 0.25) is 5.95 Å². The molecule has 4 aromatic rings. The largest absolute Gasteiger partial charge is 0.382 e. The monoisotopic (exact) mass is 416 g/mol. The number of aromatic nitrogens is 4. The van der Waals surface area contributed by atoms with Gasteiger partial charge in [0.15, 0.2) is 5.82 Å². The maximum atomic E-state index is 9.45. The lowest BCUT2D eigenvalue weighted by Crippen LogP contribution is -2.14. The fraction of sp³-hybridized carbons (Fsp3) is 0.0952. The molecule has 148 valence electrons. The first kappa shape index (κ1) is 19.4. The van der Waals surface area contributed by atoms with Gasteiger partial charge in [0.1, 0.15) is 17.5 Å². The summed E-state index contributed by atoms with van der Waals surface area (Å²) in [6.45, 7) is 1.93. The number of nitriles is 1. The Kier molecular flexibility index (Phi) is 5.04. The molecule has 1 atom stereocenters. The zero-order chi connectivity index (χ0) is 21.3. The number of rotatable bonds is 4. The fourth-order valence-corrected chi connectivity index (χ4v) is 3.43. The summed E-state index contributed by atoms with van der Waals surface area (Å²) >= 11 is 6.37. The molecule has 3 heterocycles. The molecule has 0 aliphatic carbocycles. The lowest BCUT2D eigenvalue weighted by Gasteiger charge is -2.20. The molecule has 1 unspecified atom stereocenters. The standard InChI is InChI=1S/C21H17ClN8/c1-11(27-20-14(10-23)19(24)29-21(25)30-20)13-9-12-5-4-6-15(22)17(12)28-18(13)16-7-2-3-8-26-16/h2-9,11H,1H3,(H5,24,25,27,29,30). The van der Waals surface area contributed by atoms with E-state index in [9.17, 15) is 5.26 Å². The van der Waals surface area contributed by atoms with E-state index >= 15 is 0 Å². The molecule has 0 saturated heterocycles. The summed E-state index contributed by atoms with van der Waals surface area (Å²) in [4.78, 5) is 17.2. The Hall–Kier alpha value is -3.96. The molecule has 0 bridgehead atoms. The first-order valence-electron chi connectivity index (χ1n) is 9.08. The Morgan fingerprint density at radius 3 is 2.67 bits per heavy atom. The Bertz CT molecular complexity index is 1280. The summed E-state index contributed by atoms with van der Waals surface area (Å²) in [7, 11) is 0. The first-order chi connectivity index (χ1) is 14.5. The van der Waals surface area contributed by atoms with E-state index in [0.29, 0.717) is 21.9 Å². The second-order valence-electron chi connectivity index (χ2n) is 6.62. The van der Waals surface area contributed by atoms with Crippen LogP contribution in [0.25, 0.3) is 22.3 Å². The van der Waals surface area contributed by atoms with Crippen molar-refractivity contribution in [1.29, 1.82) is 5.26 Å². The van der Waals surface area contributed by atoms with Gasteiger partial charge >= 0.3 is 0 Å². The van der Waals surface area contributed by atoms with Gasteiger partial charge in [0, 0.05) is 17.1 Å². The van der Waals surface area contributed by atoms with Crippen LogP contribution in [0.4, 0.5) is 17.6 Å². The summed E-state index contributed by atoms with van der Waals surface area (Å²) in [5, 5.41) is 14.1. The van der Waals surface area contributed by atoms with E-state index in [0.717, 1.165) is 10.9 Å². The molecule has 0 aliphatic rings. The number of nitrogens with one attached hydrogen (secondary N) is 1. The van der Waals surface area contributed by atoms with Crippen LogP contribution in [0.2, 0.25) is 5.02 Å². The molecule has 0 fully saturated rings. The zero-order valence-corrected chi connectivity index (χ0v) is 16.7. The van der Waals surface area contributed by atoms with Gasteiger partial charge in [-0.2, -0.15) is 15.2 Å². The minimum Gasteiger partial charge on any atom is -0.382 e. The number of pyridine rings is 2. The molecule has 3 aromatic heterocycles. The van der Waals surface area contributed by atoms with Crippen LogP contribution in [0.1, 0.15) is 24.1 Å². The Morgan fingerprint density at radius 2 is 1.93 bits per heavy atom. The van der Waals surface area contributed by atoms with Crippen molar-refractivity contribution in [3.63, 3.8) is 0 Å². The SMILES string of the molecule is CC(Nc1nc(N)nc(N)c1C#N)c1cc2cccc(Cl)c2nc1-c1ccccn1. The second kappa shape index (κ2) is 7.81. The van der Waals surface area contributed by atoms with E-state index in [1.165, 1.54) is 0 Å². The molecule has 30 heavy (non-hydrogen) atoms. The molecule has 4 rings (SSSR count). The van der Waals surface area contributed by atoms with Gasteiger partial charge in [-0.25, -0.2) is 4.98 Å². The molecule has 0 spiro atoms. The highest BCUT2D eigenvalue weighted by Gasteiger charge is 2.20. The summed E-state index contributed by atoms with van der Waals surface area (Å²) < 4.78 is 0. The maximum Gasteiger partial charge on any atom is 0.224 e. The van der Waals surface area contributed by atoms with Gasteiger partial charge in [-0.1, -0.05) is 29.8 Å². The predicted molar refractivity (Wildman–Crippen MR) is 118 cm³/mol. The predicted octanol–water partition coefficient (Wildman–Crippen LogP) is 3.95.